The van der Waals surface area contributed by atoms with Crippen molar-refractivity contribution in [3.05, 3.63) is 82.9 Å². The van der Waals surface area contributed by atoms with Gasteiger partial charge in [-0.3, -0.25) is 9.59 Å². The molecule has 4 aromatic carbocycles. The summed E-state index contributed by atoms with van der Waals surface area (Å²) in [7, 11) is 2.81. The van der Waals surface area contributed by atoms with Crippen LogP contribution < -0.4 is 18.9 Å². The number of benzene rings is 4. The SMILES string of the molecule is COc1cc(O)c2c(c1)O[C@H](c1ccc(O)c(-c3c(OC)cc(O)c4c3O[C@H](c3ccc(O)cc3)CC4=O)c1)CC2=O. The fourth-order valence-electron chi connectivity index (χ4n) is 5.43. The molecule has 10 nitrogen and oxygen atoms in total. The van der Waals surface area contributed by atoms with Crippen LogP contribution in [0.15, 0.2) is 60.7 Å². The molecule has 214 valence electrons. The molecule has 10 heteroatoms. The first-order valence-electron chi connectivity index (χ1n) is 13.0. The van der Waals surface area contributed by atoms with Gasteiger partial charge in [0.15, 0.2) is 11.6 Å². The first kappa shape index (κ1) is 26.8. The quantitative estimate of drug-likeness (QED) is 0.238. The van der Waals surface area contributed by atoms with Gasteiger partial charge in [-0.05, 0) is 35.4 Å². The van der Waals surface area contributed by atoms with Crippen molar-refractivity contribution in [3.8, 4) is 57.1 Å². The van der Waals surface area contributed by atoms with Crippen LogP contribution in [0.3, 0.4) is 0 Å². The van der Waals surface area contributed by atoms with Crippen molar-refractivity contribution in [1.29, 1.82) is 0 Å². The average molecular weight is 571 g/mol. The standard InChI is InChI=1S/C32H26O10/c1-39-18-10-21(35)30-22(36)12-26(41-28(30)11-18)16-5-8-20(34)19(9-16)29-27(40-2)14-24(38)31-23(37)13-25(42-32(29)31)15-3-6-17(33)7-4-15/h3-11,14,25-26,33-35,38H,12-13H2,1-2H3/t25-,26-/m0/s1. The summed E-state index contributed by atoms with van der Waals surface area (Å²) in [6.45, 7) is 0. The molecule has 0 spiro atoms. The van der Waals surface area contributed by atoms with Crippen molar-refractivity contribution in [2.24, 2.45) is 0 Å². The number of phenols is 4. The maximum atomic E-state index is 13.3. The lowest BCUT2D eigenvalue weighted by Gasteiger charge is -2.30. The van der Waals surface area contributed by atoms with E-state index in [0.29, 0.717) is 16.9 Å². The Hall–Kier alpha value is -5.38. The van der Waals surface area contributed by atoms with E-state index in [-0.39, 0.29) is 86.9 Å². The zero-order valence-corrected chi connectivity index (χ0v) is 22.6. The number of ether oxygens (including phenoxy) is 4. The Kier molecular flexibility index (Phi) is 6.53. The van der Waals surface area contributed by atoms with Crippen molar-refractivity contribution in [2.45, 2.75) is 25.0 Å². The molecule has 0 fully saturated rings. The number of fused-ring (bicyclic) bond motifs is 2. The monoisotopic (exact) mass is 570 g/mol. The predicted octanol–water partition coefficient (Wildman–Crippen LogP) is 5.61. The van der Waals surface area contributed by atoms with Crippen LogP contribution in [0.5, 0.6) is 46.0 Å². The number of carbonyl (C=O) groups excluding carboxylic acids is 2. The molecule has 0 saturated heterocycles. The average Bonchev–Trinajstić information content (AvgIpc) is 2.97. The zero-order valence-electron chi connectivity index (χ0n) is 22.6. The van der Waals surface area contributed by atoms with Crippen molar-refractivity contribution >= 4 is 11.6 Å². The first-order chi connectivity index (χ1) is 20.2. The molecule has 0 radical (unpaired) electrons. The van der Waals surface area contributed by atoms with Crippen LogP contribution in [0.4, 0.5) is 0 Å². The number of Topliss-reactive ketones (excluding diaryl/α,β-unsaturated/α-hetero) is 2. The smallest absolute Gasteiger partial charge is 0.174 e. The van der Waals surface area contributed by atoms with E-state index in [1.807, 2.05) is 0 Å². The molecule has 2 atom stereocenters. The highest BCUT2D eigenvalue weighted by molar-refractivity contribution is 6.06. The normalized spacial score (nSPS) is 17.5. The van der Waals surface area contributed by atoms with Gasteiger partial charge in [0.1, 0.15) is 69.3 Å². The molecule has 6 rings (SSSR count). The second kappa shape index (κ2) is 10.2. The minimum atomic E-state index is -0.776. The lowest BCUT2D eigenvalue weighted by molar-refractivity contribution is 0.0834. The van der Waals surface area contributed by atoms with Crippen LogP contribution >= 0.6 is 0 Å². The fourth-order valence-corrected chi connectivity index (χ4v) is 5.43. The Bertz CT molecular complexity index is 1740. The molecule has 0 saturated carbocycles. The first-order valence-corrected chi connectivity index (χ1v) is 13.0. The third kappa shape index (κ3) is 4.46. The van der Waals surface area contributed by atoms with E-state index in [4.69, 9.17) is 18.9 Å². The second-order valence-electron chi connectivity index (χ2n) is 10.0. The van der Waals surface area contributed by atoms with Gasteiger partial charge >= 0.3 is 0 Å². The molecule has 2 aliphatic rings. The molecule has 2 aliphatic heterocycles. The molecule has 0 unspecified atom stereocenters. The van der Waals surface area contributed by atoms with Crippen LogP contribution in [-0.4, -0.2) is 46.2 Å². The predicted molar refractivity (Wildman–Crippen MR) is 149 cm³/mol. The van der Waals surface area contributed by atoms with Gasteiger partial charge in [0.05, 0.1) is 32.6 Å². The molecule has 4 aromatic rings. The van der Waals surface area contributed by atoms with Gasteiger partial charge in [0.2, 0.25) is 0 Å². The van der Waals surface area contributed by atoms with Crippen molar-refractivity contribution < 1.29 is 49.0 Å². The van der Waals surface area contributed by atoms with Crippen LogP contribution in [0.1, 0.15) is 56.9 Å². The highest BCUT2D eigenvalue weighted by atomic mass is 16.5. The molecule has 0 bridgehead atoms. The van der Waals surface area contributed by atoms with Crippen LogP contribution in [-0.2, 0) is 0 Å². The summed E-state index contributed by atoms with van der Waals surface area (Å²) in [5.41, 5.74) is 1.60. The summed E-state index contributed by atoms with van der Waals surface area (Å²) < 4.78 is 23.2. The number of carbonyl (C=O) groups is 2. The minimum Gasteiger partial charge on any atom is -0.508 e. The summed E-state index contributed by atoms with van der Waals surface area (Å²) in [5.74, 6) is -0.763. The Labute approximate surface area is 239 Å². The van der Waals surface area contributed by atoms with Gasteiger partial charge in [-0.15, -0.1) is 0 Å². The third-order valence-corrected chi connectivity index (χ3v) is 7.49. The van der Waals surface area contributed by atoms with Crippen molar-refractivity contribution in [3.63, 3.8) is 0 Å². The number of hydrogen-bond acceptors (Lipinski definition) is 10. The zero-order chi connectivity index (χ0) is 29.7. The Balaban J connectivity index is 1.46. The molecule has 2 heterocycles. The van der Waals surface area contributed by atoms with E-state index in [1.165, 1.54) is 50.6 Å². The van der Waals surface area contributed by atoms with Gasteiger partial charge in [-0.2, -0.15) is 0 Å². The number of aromatic hydroxyl groups is 4. The number of hydrogen-bond donors (Lipinski definition) is 4. The molecule has 0 amide bonds. The summed E-state index contributed by atoms with van der Waals surface area (Å²) in [6, 6.07) is 15.0. The molecule has 42 heavy (non-hydrogen) atoms. The van der Waals surface area contributed by atoms with E-state index in [9.17, 15) is 30.0 Å². The van der Waals surface area contributed by atoms with Gasteiger partial charge in [0, 0.05) is 23.8 Å². The third-order valence-electron chi connectivity index (χ3n) is 7.49. The van der Waals surface area contributed by atoms with Gasteiger partial charge in [0.25, 0.3) is 0 Å². The minimum absolute atomic E-state index is 0.0225. The lowest BCUT2D eigenvalue weighted by Crippen LogP contribution is -2.22. The van der Waals surface area contributed by atoms with Gasteiger partial charge in [-0.25, -0.2) is 0 Å². The van der Waals surface area contributed by atoms with E-state index in [1.54, 1.807) is 24.3 Å². The van der Waals surface area contributed by atoms with Crippen molar-refractivity contribution in [1.82, 2.24) is 0 Å². The number of ketones is 2. The number of rotatable bonds is 5. The number of phenolic OH excluding ortho intramolecular Hbond substituents is 4. The van der Waals surface area contributed by atoms with E-state index < -0.39 is 12.2 Å². The fraction of sp³-hybridized carbons (Fsp3) is 0.188. The van der Waals surface area contributed by atoms with Crippen LogP contribution in [0, 0.1) is 0 Å². The summed E-state index contributed by atoms with van der Waals surface area (Å²) in [5, 5.41) is 41.8. The highest BCUT2D eigenvalue weighted by Crippen LogP contribution is 2.52. The number of methoxy groups -OCH3 is 2. The maximum absolute atomic E-state index is 13.3. The Morgan fingerprint density at radius 1 is 0.667 bits per heavy atom. The summed E-state index contributed by atoms with van der Waals surface area (Å²) in [4.78, 5) is 26.3. The molecule has 4 N–H and O–H groups in total. The topological polar surface area (TPSA) is 152 Å². The summed E-state index contributed by atoms with van der Waals surface area (Å²) >= 11 is 0. The molecular weight excluding hydrogens is 544 g/mol. The Morgan fingerprint density at radius 3 is 2.00 bits per heavy atom. The highest BCUT2D eigenvalue weighted by Gasteiger charge is 2.36. The molecule has 0 aliphatic carbocycles. The molecule has 0 aromatic heterocycles. The van der Waals surface area contributed by atoms with E-state index in [0.717, 1.165) is 0 Å². The largest absolute Gasteiger partial charge is 0.508 e. The summed E-state index contributed by atoms with van der Waals surface area (Å²) in [6.07, 6.45) is -1.65. The second-order valence-corrected chi connectivity index (χ2v) is 10.0. The molecular formula is C32H26O10. The van der Waals surface area contributed by atoms with Crippen LogP contribution in [0.25, 0.3) is 11.1 Å². The van der Waals surface area contributed by atoms with Crippen LogP contribution in [0.2, 0.25) is 0 Å². The Morgan fingerprint density at radius 2 is 1.31 bits per heavy atom. The van der Waals surface area contributed by atoms with Crippen molar-refractivity contribution in [2.75, 3.05) is 14.2 Å². The van der Waals surface area contributed by atoms with E-state index in [2.05, 4.69) is 0 Å². The van der Waals surface area contributed by atoms with Gasteiger partial charge in [-0.1, -0.05) is 18.2 Å². The lowest BCUT2D eigenvalue weighted by atomic mass is 9.89. The van der Waals surface area contributed by atoms with E-state index >= 15 is 0 Å². The van der Waals surface area contributed by atoms with Gasteiger partial charge < -0.3 is 39.4 Å². The maximum Gasteiger partial charge on any atom is 0.174 e.